The number of aliphatic hydroxyl groups excluding tert-OH is 2. The van der Waals surface area contributed by atoms with Crippen LogP contribution in [0.2, 0.25) is 0 Å². The largest absolute Gasteiger partial charge is 0.466 e. The summed E-state index contributed by atoms with van der Waals surface area (Å²) in [4.78, 5) is 9.82. The summed E-state index contributed by atoms with van der Waals surface area (Å²) >= 11 is 0. The third kappa shape index (κ3) is 244. The molecule has 0 amide bonds. The van der Waals surface area contributed by atoms with Crippen molar-refractivity contribution in [1.29, 1.82) is 0 Å². The highest BCUT2D eigenvalue weighted by Gasteiger charge is 1.81. The number of hydrogen-bond acceptors (Lipinski definition) is 5. The molecule has 0 aliphatic rings. The fraction of sp³-hybridized carbons (Fsp3) is 0.562. The molecule has 21 heavy (non-hydrogen) atoms. The van der Waals surface area contributed by atoms with Crippen LogP contribution in [0.5, 0.6) is 0 Å². The molecule has 0 aliphatic heterocycles. The van der Waals surface area contributed by atoms with Crippen LogP contribution in [-0.2, 0) is 14.3 Å². The molecule has 0 saturated heterocycles. The first-order chi connectivity index (χ1) is 10.1. The Balaban J connectivity index is -0.0000000344. The van der Waals surface area contributed by atoms with E-state index in [2.05, 4.69) is 44.2 Å². The van der Waals surface area contributed by atoms with E-state index < -0.39 is 0 Å². The van der Waals surface area contributed by atoms with Crippen molar-refractivity contribution in [1.82, 2.24) is 0 Å². The monoisotopic (exact) mass is 308 g/mol. The Morgan fingerprint density at radius 2 is 1.10 bits per heavy atom. The van der Waals surface area contributed by atoms with Crippen molar-refractivity contribution < 1.29 is 24.5 Å². The van der Waals surface area contributed by atoms with E-state index in [0.29, 0.717) is 6.61 Å². The summed E-state index contributed by atoms with van der Waals surface area (Å²) in [6, 6.07) is 0. The highest BCUT2D eigenvalue weighted by atomic mass is 16.5. The van der Waals surface area contributed by atoms with Crippen LogP contribution in [-0.4, -0.2) is 49.2 Å². The molecule has 0 atom stereocenters. The van der Waals surface area contributed by atoms with E-state index in [1.165, 1.54) is 6.92 Å². The molecule has 0 aromatic carbocycles. The minimum atomic E-state index is -0.211. The van der Waals surface area contributed by atoms with Crippen molar-refractivity contribution >= 4 is 5.97 Å². The zero-order valence-electron chi connectivity index (χ0n) is 14.4. The van der Waals surface area contributed by atoms with Gasteiger partial charge in [-0.15, -0.1) is 39.5 Å². The molecule has 0 heterocycles. The van der Waals surface area contributed by atoms with E-state index in [1.807, 2.05) is 13.8 Å². The molecule has 5 nitrogen and oxygen atoms in total. The Morgan fingerprint density at radius 1 is 0.810 bits per heavy atom. The van der Waals surface area contributed by atoms with Gasteiger partial charge in [-0.2, -0.15) is 0 Å². The molecule has 0 saturated carbocycles. The van der Waals surface area contributed by atoms with E-state index in [4.69, 9.17) is 14.9 Å². The third-order valence-electron chi connectivity index (χ3n) is 0.856. The van der Waals surface area contributed by atoms with Gasteiger partial charge in [0.1, 0.15) is 0 Å². The Morgan fingerprint density at radius 3 is 1.10 bits per heavy atom. The lowest BCUT2D eigenvalue weighted by Gasteiger charge is -1.89. The number of esters is 1. The van der Waals surface area contributed by atoms with Crippen LogP contribution >= 0.6 is 0 Å². The minimum Gasteiger partial charge on any atom is -0.466 e. The minimum absolute atomic E-state index is 0.125. The maximum Gasteiger partial charge on any atom is 0.302 e. The molecule has 0 radical (unpaired) electrons. The maximum absolute atomic E-state index is 9.82. The quantitative estimate of drug-likeness (QED) is 0.617. The van der Waals surface area contributed by atoms with Gasteiger partial charge in [-0.25, -0.2) is 0 Å². The molecule has 5 heteroatoms. The molecule has 2 N–H and O–H groups in total. The van der Waals surface area contributed by atoms with Gasteiger partial charge in [0.25, 0.3) is 0 Å². The van der Waals surface area contributed by atoms with Crippen molar-refractivity contribution in [2.75, 3.05) is 33.0 Å². The normalized spacial score (nSPS) is 6.19. The molecule has 0 aliphatic carbocycles. The van der Waals surface area contributed by atoms with Crippen LogP contribution in [0.3, 0.4) is 0 Å². The summed E-state index contributed by atoms with van der Waals surface area (Å²) in [5.74, 6) is -0.211. The molecule has 0 spiro atoms. The van der Waals surface area contributed by atoms with Crippen LogP contribution in [0.15, 0.2) is 39.5 Å². The molecular weight excluding hydrogens is 272 g/mol. The molecule has 0 rings (SSSR count). The van der Waals surface area contributed by atoms with Gasteiger partial charge in [0, 0.05) is 20.1 Å². The van der Waals surface area contributed by atoms with Gasteiger partial charge in [0.2, 0.25) is 0 Å². The average molecular weight is 308 g/mol. The molecule has 0 bridgehead atoms. The number of carbonyl (C=O) groups excluding carboxylic acids is 1. The van der Waals surface area contributed by atoms with Gasteiger partial charge < -0.3 is 19.7 Å². The molecule has 130 valence electrons. The van der Waals surface area contributed by atoms with Crippen LogP contribution < -0.4 is 0 Å². The first kappa shape index (κ1) is 36.6. The van der Waals surface area contributed by atoms with Crippen molar-refractivity contribution in [3.63, 3.8) is 0 Å². The lowest BCUT2D eigenvalue weighted by molar-refractivity contribution is -0.140. The number of carbonyl (C=O) groups is 1. The number of ether oxygens (including phenoxy) is 2. The van der Waals surface area contributed by atoms with E-state index in [0.717, 1.165) is 13.2 Å². The summed E-state index contributed by atoms with van der Waals surface area (Å²) in [6.07, 6.45) is 0. The zero-order valence-corrected chi connectivity index (χ0v) is 14.4. The van der Waals surface area contributed by atoms with E-state index in [1.54, 1.807) is 6.92 Å². The first-order valence-electron chi connectivity index (χ1n) is 6.53. The smallest absolute Gasteiger partial charge is 0.302 e. The SMILES string of the molecule is C=C.C=C.C=C.CCOC(C)=O.CCOCC.OCCO. The Hall–Kier alpha value is -1.43. The van der Waals surface area contributed by atoms with Crippen LogP contribution in [0.25, 0.3) is 0 Å². The summed E-state index contributed by atoms with van der Waals surface area (Å²) < 4.78 is 9.24. The van der Waals surface area contributed by atoms with E-state index in [9.17, 15) is 4.79 Å². The van der Waals surface area contributed by atoms with Crippen LogP contribution in [0.4, 0.5) is 0 Å². The standard InChI is InChI=1S/C4H8O2.C4H10O.C2H6O2.3C2H4/c1-3-6-4(2)5;1-3-5-4-2;3-1-2-4;3*1-2/h3H2,1-2H3;3-4H2,1-2H3;3-4H,1-2H2;3*1-2H2. The molecule has 0 aromatic heterocycles. The van der Waals surface area contributed by atoms with Crippen molar-refractivity contribution in [3.05, 3.63) is 39.5 Å². The zero-order chi connectivity index (χ0) is 18.5. The highest BCUT2D eigenvalue weighted by molar-refractivity contribution is 5.65. The maximum atomic E-state index is 9.82. The summed E-state index contributed by atoms with van der Waals surface area (Å²) in [5, 5.41) is 15.2. The van der Waals surface area contributed by atoms with Crippen LogP contribution in [0, 0.1) is 0 Å². The summed E-state index contributed by atoms with van der Waals surface area (Å²) in [5.41, 5.74) is 0. The summed E-state index contributed by atoms with van der Waals surface area (Å²) in [7, 11) is 0. The second kappa shape index (κ2) is 78.1. The molecule has 0 fully saturated rings. The number of hydrogen-bond donors (Lipinski definition) is 2. The summed E-state index contributed by atoms with van der Waals surface area (Å²) in [6.45, 7) is 27.1. The fourth-order valence-corrected chi connectivity index (χ4v) is 0.407. The molecule has 0 aromatic rings. The Kier molecular flexibility index (Phi) is 136. The lowest BCUT2D eigenvalue weighted by Crippen LogP contribution is -1.95. The van der Waals surface area contributed by atoms with E-state index in [-0.39, 0.29) is 19.2 Å². The second-order valence-electron chi connectivity index (χ2n) is 2.15. The highest BCUT2D eigenvalue weighted by Crippen LogP contribution is 1.69. The van der Waals surface area contributed by atoms with Gasteiger partial charge in [0.05, 0.1) is 19.8 Å². The predicted octanol–water partition coefficient (Wildman–Crippen LogP) is 2.99. The van der Waals surface area contributed by atoms with Gasteiger partial charge in [-0.1, -0.05) is 0 Å². The van der Waals surface area contributed by atoms with Gasteiger partial charge in [-0.05, 0) is 20.8 Å². The van der Waals surface area contributed by atoms with E-state index >= 15 is 0 Å². The van der Waals surface area contributed by atoms with Crippen molar-refractivity contribution in [3.8, 4) is 0 Å². The second-order valence-corrected chi connectivity index (χ2v) is 2.15. The number of rotatable bonds is 4. The predicted molar refractivity (Wildman–Crippen MR) is 92.4 cm³/mol. The topological polar surface area (TPSA) is 76.0 Å². The van der Waals surface area contributed by atoms with Crippen molar-refractivity contribution in [2.24, 2.45) is 0 Å². The van der Waals surface area contributed by atoms with Gasteiger partial charge >= 0.3 is 5.97 Å². The molecular formula is C16H36O5. The Labute approximate surface area is 131 Å². The van der Waals surface area contributed by atoms with Crippen molar-refractivity contribution in [2.45, 2.75) is 27.7 Å². The third-order valence-corrected chi connectivity index (χ3v) is 0.856. The lowest BCUT2D eigenvalue weighted by atomic mass is 10.8. The number of aliphatic hydroxyl groups is 2. The fourth-order valence-electron chi connectivity index (χ4n) is 0.407. The van der Waals surface area contributed by atoms with Gasteiger partial charge in [-0.3, -0.25) is 4.79 Å². The van der Waals surface area contributed by atoms with Crippen LogP contribution in [0.1, 0.15) is 27.7 Å². The average Bonchev–Trinajstić information content (AvgIpc) is 2.54. The van der Waals surface area contributed by atoms with Gasteiger partial charge in [0.15, 0.2) is 0 Å². The Bertz CT molecular complexity index is 132. The first-order valence-corrected chi connectivity index (χ1v) is 6.53. The molecule has 0 unspecified atom stereocenters.